The van der Waals surface area contributed by atoms with E-state index in [2.05, 4.69) is 4.98 Å². The van der Waals surface area contributed by atoms with Gasteiger partial charge in [-0.2, -0.15) is 0 Å². The van der Waals surface area contributed by atoms with E-state index >= 15 is 0 Å². The number of benzene rings is 1. The van der Waals surface area contributed by atoms with Crippen molar-refractivity contribution in [1.82, 2.24) is 4.98 Å². The number of methoxy groups -OCH3 is 1. The molecule has 2 aromatic rings. The van der Waals surface area contributed by atoms with Gasteiger partial charge in [-0.3, -0.25) is 0 Å². The summed E-state index contributed by atoms with van der Waals surface area (Å²) in [5.41, 5.74) is 7.86. The summed E-state index contributed by atoms with van der Waals surface area (Å²) < 4.78 is 5.14. The van der Waals surface area contributed by atoms with Crippen LogP contribution in [0.15, 0.2) is 18.2 Å². The van der Waals surface area contributed by atoms with Crippen LogP contribution in [-0.2, 0) is 0 Å². The molecule has 0 spiro atoms. The maximum Gasteiger partial charge on any atom is 0.137 e. The van der Waals surface area contributed by atoms with Crippen molar-refractivity contribution in [3.05, 3.63) is 33.1 Å². The van der Waals surface area contributed by atoms with Gasteiger partial charge in [0.1, 0.15) is 5.75 Å². The molecule has 1 atom stereocenters. The molecule has 0 aliphatic carbocycles. The summed E-state index contributed by atoms with van der Waals surface area (Å²) in [4.78, 5) is 5.62. The fourth-order valence-electron chi connectivity index (χ4n) is 1.77. The average Bonchev–Trinajstić information content (AvgIpc) is 2.71. The highest BCUT2D eigenvalue weighted by Crippen LogP contribution is 2.35. The molecule has 2 rings (SSSR count). The second kappa shape index (κ2) is 5.26. The predicted octanol–water partition coefficient (Wildman–Crippen LogP) is 3.80. The highest BCUT2D eigenvalue weighted by atomic mass is 35.5. The third-order valence-corrected chi connectivity index (χ3v) is 4.07. The number of nitrogens with two attached hydrogens (primary N) is 1. The Morgan fingerprint density at radius 2 is 2.17 bits per heavy atom. The smallest absolute Gasteiger partial charge is 0.137 e. The van der Waals surface area contributed by atoms with Crippen LogP contribution in [0.4, 0.5) is 0 Å². The molecule has 0 aliphatic heterocycles. The van der Waals surface area contributed by atoms with E-state index in [1.165, 1.54) is 0 Å². The van der Waals surface area contributed by atoms with Gasteiger partial charge in [0.05, 0.1) is 22.8 Å². The largest absolute Gasteiger partial charge is 0.495 e. The van der Waals surface area contributed by atoms with Gasteiger partial charge >= 0.3 is 0 Å². The Bertz CT molecular complexity index is 566. The number of halogens is 1. The van der Waals surface area contributed by atoms with E-state index in [0.717, 1.165) is 21.1 Å². The molecule has 0 bridgehead atoms. The van der Waals surface area contributed by atoms with Gasteiger partial charge < -0.3 is 10.5 Å². The van der Waals surface area contributed by atoms with Crippen molar-refractivity contribution in [2.75, 3.05) is 7.11 Å². The summed E-state index contributed by atoms with van der Waals surface area (Å²) in [6, 6.07) is 5.62. The molecule has 0 fully saturated rings. The zero-order valence-corrected chi connectivity index (χ0v) is 12.1. The number of thiazole rings is 1. The maximum atomic E-state index is 6.14. The van der Waals surface area contributed by atoms with E-state index in [9.17, 15) is 0 Å². The van der Waals surface area contributed by atoms with Gasteiger partial charge in [-0.15, -0.1) is 11.3 Å². The first-order chi connectivity index (χ1) is 8.52. The summed E-state index contributed by atoms with van der Waals surface area (Å²) >= 11 is 7.76. The number of hydrogen-bond acceptors (Lipinski definition) is 4. The minimum atomic E-state index is -0.0351. The number of nitrogens with zero attached hydrogens (tertiary/aromatic N) is 1. The Morgan fingerprint density at radius 1 is 1.44 bits per heavy atom. The zero-order chi connectivity index (χ0) is 13.3. The lowest BCUT2D eigenvalue weighted by Crippen LogP contribution is -2.04. The van der Waals surface area contributed by atoms with Crippen molar-refractivity contribution in [2.45, 2.75) is 19.9 Å². The van der Waals surface area contributed by atoms with Gasteiger partial charge in [0.25, 0.3) is 0 Å². The lowest BCUT2D eigenvalue weighted by molar-refractivity contribution is 0.415. The Kier molecular flexibility index (Phi) is 3.90. The van der Waals surface area contributed by atoms with Crippen molar-refractivity contribution in [2.24, 2.45) is 5.73 Å². The van der Waals surface area contributed by atoms with Crippen molar-refractivity contribution in [3.8, 4) is 17.0 Å². The van der Waals surface area contributed by atoms with Crippen LogP contribution in [0, 0.1) is 6.92 Å². The number of ether oxygens (including phenoxy) is 1. The molecular weight excluding hydrogens is 268 g/mol. The van der Waals surface area contributed by atoms with Crippen molar-refractivity contribution in [1.29, 1.82) is 0 Å². The van der Waals surface area contributed by atoms with Crippen LogP contribution in [0.1, 0.15) is 22.9 Å². The summed E-state index contributed by atoms with van der Waals surface area (Å²) in [7, 11) is 1.60. The number of rotatable bonds is 3. The predicted molar refractivity (Wildman–Crippen MR) is 76.5 cm³/mol. The molecule has 18 heavy (non-hydrogen) atoms. The maximum absolute atomic E-state index is 6.14. The molecule has 96 valence electrons. The van der Waals surface area contributed by atoms with E-state index in [4.69, 9.17) is 22.1 Å². The monoisotopic (exact) mass is 282 g/mol. The van der Waals surface area contributed by atoms with Gasteiger partial charge in [0, 0.05) is 16.5 Å². The normalized spacial score (nSPS) is 12.5. The van der Waals surface area contributed by atoms with Crippen LogP contribution < -0.4 is 10.5 Å². The molecule has 0 aliphatic rings. The van der Waals surface area contributed by atoms with Crippen molar-refractivity contribution < 1.29 is 4.74 Å². The summed E-state index contributed by atoms with van der Waals surface area (Å²) in [6.07, 6.45) is 0. The Balaban J connectivity index is 2.51. The van der Waals surface area contributed by atoms with Gasteiger partial charge in [-0.05, 0) is 32.0 Å². The number of aryl methyl sites for hydroxylation is 1. The highest BCUT2D eigenvalue weighted by molar-refractivity contribution is 7.12. The molecule has 5 heteroatoms. The summed E-state index contributed by atoms with van der Waals surface area (Å²) in [5, 5.41) is 1.58. The minimum Gasteiger partial charge on any atom is -0.495 e. The minimum absolute atomic E-state index is 0.0351. The van der Waals surface area contributed by atoms with Crippen LogP contribution in [0.2, 0.25) is 5.02 Å². The van der Waals surface area contributed by atoms with Gasteiger partial charge in [-0.1, -0.05) is 11.6 Å². The third-order valence-electron chi connectivity index (χ3n) is 2.60. The Morgan fingerprint density at radius 3 is 2.72 bits per heavy atom. The standard InChI is InChI=1S/C13H15ClN2OS/c1-7(15)13-12(16-8(2)18-13)9-4-5-11(17-3)10(14)6-9/h4-7H,15H2,1-3H3. The molecule has 1 aromatic carbocycles. The number of aromatic nitrogens is 1. The molecule has 1 unspecified atom stereocenters. The van der Waals surface area contributed by atoms with Crippen molar-refractivity contribution >= 4 is 22.9 Å². The van der Waals surface area contributed by atoms with Crippen LogP contribution >= 0.6 is 22.9 Å². The molecule has 2 N–H and O–H groups in total. The molecule has 3 nitrogen and oxygen atoms in total. The summed E-state index contributed by atoms with van der Waals surface area (Å²) in [5.74, 6) is 0.662. The second-order valence-corrected chi connectivity index (χ2v) is 5.73. The molecule has 1 aromatic heterocycles. The fourth-order valence-corrected chi connectivity index (χ4v) is 2.93. The molecule has 1 heterocycles. The summed E-state index contributed by atoms with van der Waals surface area (Å²) in [6.45, 7) is 3.94. The van der Waals surface area contributed by atoms with E-state index in [-0.39, 0.29) is 6.04 Å². The Hall–Kier alpha value is -1.10. The quantitative estimate of drug-likeness (QED) is 0.931. The Labute approximate surface area is 116 Å². The fraction of sp³-hybridized carbons (Fsp3) is 0.308. The van der Waals surface area contributed by atoms with Crippen LogP contribution in [0.3, 0.4) is 0 Å². The third kappa shape index (κ3) is 2.51. The first kappa shape index (κ1) is 13.3. The topological polar surface area (TPSA) is 48.1 Å². The second-order valence-electron chi connectivity index (χ2n) is 4.08. The van der Waals surface area contributed by atoms with Gasteiger partial charge in [0.2, 0.25) is 0 Å². The van der Waals surface area contributed by atoms with Gasteiger partial charge in [-0.25, -0.2) is 4.98 Å². The highest BCUT2D eigenvalue weighted by Gasteiger charge is 2.15. The SMILES string of the molecule is COc1ccc(-c2nc(C)sc2C(C)N)cc1Cl. The van der Waals surface area contributed by atoms with Crippen LogP contribution in [0.25, 0.3) is 11.3 Å². The zero-order valence-electron chi connectivity index (χ0n) is 10.5. The van der Waals surface area contributed by atoms with Crippen LogP contribution in [0.5, 0.6) is 5.75 Å². The van der Waals surface area contributed by atoms with E-state index < -0.39 is 0 Å². The van der Waals surface area contributed by atoms with Crippen molar-refractivity contribution in [3.63, 3.8) is 0 Å². The average molecular weight is 283 g/mol. The van der Waals surface area contributed by atoms with E-state index in [0.29, 0.717) is 10.8 Å². The van der Waals surface area contributed by atoms with E-state index in [1.54, 1.807) is 18.4 Å². The lowest BCUT2D eigenvalue weighted by atomic mass is 10.1. The molecule has 0 saturated carbocycles. The first-order valence-corrected chi connectivity index (χ1v) is 6.79. The van der Waals surface area contributed by atoms with Crippen LogP contribution in [-0.4, -0.2) is 12.1 Å². The molecule has 0 saturated heterocycles. The molecular formula is C13H15ClN2OS. The van der Waals surface area contributed by atoms with E-state index in [1.807, 2.05) is 32.0 Å². The molecule has 0 amide bonds. The lowest BCUT2D eigenvalue weighted by Gasteiger charge is -2.08. The molecule has 0 radical (unpaired) electrons. The first-order valence-electron chi connectivity index (χ1n) is 5.59. The number of hydrogen-bond donors (Lipinski definition) is 1. The van der Waals surface area contributed by atoms with Gasteiger partial charge in [0.15, 0.2) is 0 Å².